The molecule has 1 amide bonds. The molecule has 0 aliphatic heterocycles. The molecule has 4 N–H and O–H groups in total. The largest absolute Gasteiger partial charge is 0.443 e. The topological polar surface area (TPSA) is 86.2 Å². The Morgan fingerprint density at radius 1 is 1.41 bits per heavy atom. The molecule has 0 saturated heterocycles. The summed E-state index contributed by atoms with van der Waals surface area (Å²) >= 11 is 0. The highest BCUT2D eigenvalue weighted by molar-refractivity contribution is 5.95. The van der Waals surface area contributed by atoms with Crippen molar-refractivity contribution in [1.82, 2.24) is 16.2 Å². The molecule has 0 heterocycles. The molecule has 6 nitrogen and oxygen atoms in total. The lowest BCUT2D eigenvalue weighted by atomic mass is 10.2. The minimum atomic E-state index is -0.538. The molecule has 0 spiro atoms. The van der Waals surface area contributed by atoms with Gasteiger partial charge in [0.2, 0.25) is 0 Å². The molecular formula is C11H22N4O2. The average Bonchev–Trinajstić information content (AvgIpc) is 2.13. The maximum absolute atomic E-state index is 11.3. The van der Waals surface area contributed by atoms with E-state index in [0.717, 1.165) is 5.57 Å². The summed E-state index contributed by atoms with van der Waals surface area (Å²) in [5.41, 5.74) is 5.77. The van der Waals surface area contributed by atoms with Crippen LogP contribution in [0.2, 0.25) is 0 Å². The number of hydrazine groups is 1. The van der Waals surface area contributed by atoms with Crippen molar-refractivity contribution < 1.29 is 9.53 Å². The molecule has 0 aliphatic carbocycles. The van der Waals surface area contributed by atoms with Crippen LogP contribution < -0.4 is 16.2 Å². The van der Waals surface area contributed by atoms with E-state index in [0.29, 0.717) is 12.3 Å². The highest BCUT2D eigenvalue weighted by Crippen LogP contribution is 2.05. The fourth-order valence-electron chi connectivity index (χ4n) is 0.981. The van der Waals surface area contributed by atoms with Crippen molar-refractivity contribution in [3.63, 3.8) is 0 Å². The van der Waals surface area contributed by atoms with Crippen molar-refractivity contribution in [2.24, 2.45) is 0 Å². The summed E-state index contributed by atoms with van der Waals surface area (Å²) in [7, 11) is 1.75. The van der Waals surface area contributed by atoms with Gasteiger partial charge >= 0.3 is 6.09 Å². The quantitative estimate of drug-likeness (QED) is 0.430. The van der Waals surface area contributed by atoms with Crippen LogP contribution >= 0.6 is 0 Å². The van der Waals surface area contributed by atoms with Crippen LogP contribution in [0.4, 0.5) is 4.79 Å². The lowest BCUT2D eigenvalue weighted by Crippen LogP contribution is -2.42. The predicted molar refractivity (Wildman–Crippen MR) is 67.9 cm³/mol. The van der Waals surface area contributed by atoms with Crippen molar-refractivity contribution >= 4 is 11.8 Å². The normalized spacial score (nSPS) is 11.9. The van der Waals surface area contributed by atoms with Crippen LogP contribution in [-0.2, 0) is 4.74 Å². The first-order valence-electron chi connectivity index (χ1n) is 5.40. The van der Waals surface area contributed by atoms with Crippen molar-refractivity contribution in [1.29, 1.82) is 5.41 Å². The van der Waals surface area contributed by atoms with Crippen LogP contribution in [0, 0.1) is 5.41 Å². The van der Waals surface area contributed by atoms with E-state index in [9.17, 15) is 4.79 Å². The minimum Gasteiger partial charge on any atom is -0.443 e. The van der Waals surface area contributed by atoms with Gasteiger partial charge in [0, 0.05) is 31.1 Å². The number of nitrogens with one attached hydrogen (secondary N) is 4. The number of amides is 1. The highest BCUT2D eigenvalue weighted by atomic mass is 16.6. The van der Waals surface area contributed by atoms with Crippen molar-refractivity contribution in [2.45, 2.75) is 33.3 Å². The van der Waals surface area contributed by atoms with E-state index in [1.54, 1.807) is 40.9 Å². The van der Waals surface area contributed by atoms with E-state index >= 15 is 0 Å². The number of hydrogen-bond acceptors (Lipinski definition) is 5. The van der Waals surface area contributed by atoms with Gasteiger partial charge < -0.3 is 15.5 Å². The Balaban J connectivity index is 4.02. The van der Waals surface area contributed by atoms with Gasteiger partial charge in [-0.3, -0.25) is 5.43 Å². The lowest BCUT2D eigenvalue weighted by Gasteiger charge is -2.20. The Morgan fingerprint density at radius 3 is 2.41 bits per heavy atom. The zero-order valence-electron chi connectivity index (χ0n) is 11.1. The lowest BCUT2D eigenvalue weighted by molar-refractivity contribution is 0.0501. The van der Waals surface area contributed by atoms with Crippen LogP contribution in [-0.4, -0.2) is 31.0 Å². The van der Waals surface area contributed by atoms with Crippen molar-refractivity contribution in [2.75, 3.05) is 13.6 Å². The average molecular weight is 242 g/mol. The van der Waals surface area contributed by atoms with E-state index in [-0.39, 0.29) is 0 Å². The van der Waals surface area contributed by atoms with Gasteiger partial charge in [0.05, 0.1) is 0 Å². The summed E-state index contributed by atoms with van der Waals surface area (Å²) in [6.45, 7) is 7.41. The first kappa shape index (κ1) is 15.4. The Morgan fingerprint density at radius 2 is 2.00 bits per heavy atom. The fourth-order valence-corrected chi connectivity index (χ4v) is 0.981. The summed E-state index contributed by atoms with van der Waals surface area (Å²) in [5.74, 6) is 0. The number of rotatable bonds is 5. The predicted octanol–water partition coefficient (Wildman–Crippen LogP) is 1.16. The van der Waals surface area contributed by atoms with Gasteiger partial charge in [0.1, 0.15) is 5.60 Å². The van der Waals surface area contributed by atoms with Gasteiger partial charge in [-0.25, -0.2) is 10.2 Å². The maximum Gasteiger partial charge on any atom is 0.422 e. The molecule has 6 heteroatoms. The molecule has 0 bridgehead atoms. The van der Waals surface area contributed by atoms with Crippen molar-refractivity contribution in [3.8, 4) is 0 Å². The van der Waals surface area contributed by atoms with Gasteiger partial charge in [-0.1, -0.05) is 0 Å². The van der Waals surface area contributed by atoms with Gasteiger partial charge in [-0.05, 0) is 27.7 Å². The summed E-state index contributed by atoms with van der Waals surface area (Å²) in [6, 6.07) is 0. The Kier molecular flexibility index (Phi) is 6.27. The van der Waals surface area contributed by atoms with Crippen molar-refractivity contribution in [3.05, 3.63) is 11.8 Å². The molecule has 0 aliphatic rings. The standard InChI is InChI=1S/C11H22N4O2/c1-8(12)9(6-13-5)7-14-15-10(16)17-11(2,3)4/h6,12-14H,7H2,1-5H3,(H,15,16)/b9-6-,12-8?. The molecule has 0 aromatic rings. The molecule has 17 heavy (non-hydrogen) atoms. The second-order valence-corrected chi connectivity index (χ2v) is 4.56. The third kappa shape index (κ3) is 8.27. The molecule has 0 radical (unpaired) electrons. The van der Waals surface area contributed by atoms with Crippen LogP contribution in [0.1, 0.15) is 27.7 Å². The number of hydrogen-bond donors (Lipinski definition) is 4. The first-order valence-corrected chi connectivity index (χ1v) is 5.40. The Labute approximate surface area is 102 Å². The van der Waals surface area contributed by atoms with Gasteiger partial charge in [0.25, 0.3) is 0 Å². The van der Waals surface area contributed by atoms with Crippen LogP contribution in [0.15, 0.2) is 11.8 Å². The fraction of sp³-hybridized carbons (Fsp3) is 0.636. The first-order chi connectivity index (χ1) is 7.76. The molecule has 0 aromatic carbocycles. The smallest absolute Gasteiger partial charge is 0.422 e. The van der Waals surface area contributed by atoms with Crippen LogP contribution in [0.5, 0.6) is 0 Å². The van der Waals surface area contributed by atoms with Gasteiger partial charge in [0.15, 0.2) is 0 Å². The Bertz CT molecular complexity index is 305. The van der Waals surface area contributed by atoms with E-state index in [4.69, 9.17) is 10.1 Å². The number of carbonyl (C=O) groups excluding carboxylic acids is 1. The number of carbonyl (C=O) groups is 1. The van der Waals surface area contributed by atoms with Gasteiger partial charge in [-0.2, -0.15) is 0 Å². The van der Waals surface area contributed by atoms with E-state index in [1.807, 2.05) is 0 Å². The zero-order chi connectivity index (χ0) is 13.5. The van der Waals surface area contributed by atoms with E-state index < -0.39 is 11.7 Å². The van der Waals surface area contributed by atoms with Crippen LogP contribution in [0.25, 0.3) is 0 Å². The second kappa shape index (κ2) is 6.90. The molecule has 0 rings (SSSR count). The Hall–Kier alpha value is -1.56. The SMILES string of the molecule is CN/C=C(/CNNC(=O)OC(C)(C)C)C(C)=N. The molecule has 98 valence electrons. The molecule has 0 fully saturated rings. The van der Waals surface area contributed by atoms with E-state index in [2.05, 4.69) is 16.2 Å². The summed E-state index contributed by atoms with van der Waals surface area (Å²) < 4.78 is 5.04. The molecule has 0 saturated carbocycles. The summed E-state index contributed by atoms with van der Waals surface area (Å²) in [5, 5.41) is 10.3. The summed E-state index contributed by atoms with van der Waals surface area (Å²) in [6.07, 6.45) is 1.16. The maximum atomic E-state index is 11.3. The summed E-state index contributed by atoms with van der Waals surface area (Å²) in [4.78, 5) is 11.3. The molecular weight excluding hydrogens is 220 g/mol. The minimum absolute atomic E-state index is 0.357. The molecule has 0 unspecified atom stereocenters. The molecule has 0 atom stereocenters. The van der Waals surface area contributed by atoms with Gasteiger partial charge in [-0.15, -0.1) is 0 Å². The number of ether oxygens (including phenoxy) is 1. The molecule has 0 aromatic heterocycles. The third-order valence-electron chi connectivity index (χ3n) is 1.67. The highest BCUT2D eigenvalue weighted by Gasteiger charge is 2.15. The monoisotopic (exact) mass is 242 g/mol. The van der Waals surface area contributed by atoms with E-state index in [1.165, 1.54) is 0 Å². The third-order valence-corrected chi connectivity index (χ3v) is 1.67. The second-order valence-electron chi connectivity index (χ2n) is 4.56. The zero-order valence-corrected chi connectivity index (χ0v) is 11.1. The van der Waals surface area contributed by atoms with Crippen LogP contribution in [0.3, 0.4) is 0 Å².